The maximum Gasteiger partial charge on any atom is 0.271 e. The average molecular weight is 423 g/mol. The van der Waals surface area contributed by atoms with Crippen molar-refractivity contribution in [2.45, 2.75) is 28.3 Å². The van der Waals surface area contributed by atoms with Crippen LogP contribution in [0.1, 0.15) is 12.0 Å². The lowest BCUT2D eigenvalue weighted by Gasteiger charge is -2.14. The summed E-state index contributed by atoms with van der Waals surface area (Å²) < 4.78 is 28.0. The third-order valence-corrected chi connectivity index (χ3v) is 8.43. The Morgan fingerprint density at radius 1 is 1.33 bits per heavy atom. The molecule has 0 aliphatic carbocycles. The van der Waals surface area contributed by atoms with E-state index in [9.17, 15) is 13.2 Å². The highest BCUT2D eigenvalue weighted by Gasteiger charge is 2.32. The van der Waals surface area contributed by atoms with Gasteiger partial charge < -0.3 is 11.1 Å². The molecule has 4 N–H and O–H groups in total. The van der Waals surface area contributed by atoms with Gasteiger partial charge in [0.25, 0.3) is 10.0 Å². The van der Waals surface area contributed by atoms with E-state index in [1.54, 1.807) is 35.3 Å². The molecule has 27 heavy (non-hydrogen) atoms. The van der Waals surface area contributed by atoms with Crippen molar-refractivity contribution in [2.24, 2.45) is 10.7 Å². The maximum atomic E-state index is 12.5. The van der Waals surface area contributed by atoms with Crippen molar-refractivity contribution < 1.29 is 13.2 Å². The van der Waals surface area contributed by atoms with E-state index >= 15 is 0 Å². The summed E-state index contributed by atoms with van der Waals surface area (Å²) in [5, 5.41) is 6.15. The SMILES string of the molecule is NC(=O)CC1CN=C(C2Cc3cccc(NS(=O)(=O)c4cccs4)c3N2)S1. The molecule has 1 aromatic heterocycles. The maximum absolute atomic E-state index is 12.5. The lowest BCUT2D eigenvalue weighted by atomic mass is 10.1. The third kappa shape index (κ3) is 3.83. The number of aliphatic imine (C=N–C) groups is 1. The van der Waals surface area contributed by atoms with Crippen LogP contribution < -0.4 is 15.8 Å². The molecule has 2 atom stereocenters. The van der Waals surface area contributed by atoms with E-state index in [0.717, 1.165) is 22.7 Å². The normalized spacial score (nSPS) is 21.4. The predicted molar refractivity (Wildman–Crippen MR) is 110 cm³/mol. The largest absolute Gasteiger partial charge is 0.374 e. The smallest absolute Gasteiger partial charge is 0.271 e. The van der Waals surface area contributed by atoms with Gasteiger partial charge in [-0.15, -0.1) is 23.1 Å². The monoisotopic (exact) mass is 422 g/mol. The van der Waals surface area contributed by atoms with E-state index in [4.69, 9.17) is 5.73 Å². The average Bonchev–Trinajstić information content (AvgIpc) is 3.34. The summed E-state index contributed by atoms with van der Waals surface area (Å²) in [6.45, 7) is 0.579. The molecule has 2 aromatic rings. The number of benzene rings is 1. The van der Waals surface area contributed by atoms with Gasteiger partial charge in [0.2, 0.25) is 5.91 Å². The Labute approximate surface area is 165 Å². The molecule has 0 bridgehead atoms. The quantitative estimate of drug-likeness (QED) is 0.661. The van der Waals surface area contributed by atoms with E-state index in [2.05, 4.69) is 15.0 Å². The molecule has 10 heteroatoms. The topological polar surface area (TPSA) is 114 Å². The van der Waals surface area contributed by atoms with E-state index in [0.29, 0.717) is 18.7 Å². The second-order valence-corrected chi connectivity index (χ2v) is 10.5. The van der Waals surface area contributed by atoms with Gasteiger partial charge >= 0.3 is 0 Å². The lowest BCUT2D eigenvalue weighted by Crippen LogP contribution is -2.25. The summed E-state index contributed by atoms with van der Waals surface area (Å²) in [5.74, 6) is -0.322. The van der Waals surface area contributed by atoms with Crippen LogP contribution in [0.2, 0.25) is 0 Å². The van der Waals surface area contributed by atoms with Crippen LogP contribution in [0, 0.1) is 0 Å². The molecule has 2 unspecified atom stereocenters. The molecule has 7 nitrogen and oxygen atoms in total. The highest BCUT2D eigenvalue weighted by Crippen LogP contribution is 2.38. The number of nitrogens with two attached hydrogens (primary N) is 1. The zero-order chi connectivity index (χ0) is 19.0. The Balaban J connectivity index is 1.51. The molecule has 0 saturated heterocycles. The number of anilines is 2. The Kier molecular flexibility index (Phi) is 4.87. The first-order valence-electron chi connectivity index (χ1n) is 8.36. The van der Waals surface area contributed by atoms with Gasteiger partial charge in [0.1, 0.15) is 4.21 Å². The molecule has 0 fully saturated rings. The van der Waals surface area contributed by atoms with Gasteiger partial charge in [0.15, 0.2) is 0 Å². The number of carbonyl (C=O) groups excluding carboxylic acids is 1. The van der Waals surface area contributed by atoms with Crippen molar-refractivity contribution in [1.82, 2.24) is 0 Å². The van der Waals surface area contributed by atoms with Crippen LogP contribution in [0.4, 0.5) is 11.4 Å². The molecule has 0 saturated carbocycles. The highest BCUT2D eigenvalue weighted by molar-refractivity contribution is 8.15. The highest BCUT2D eigenvalue weighted by atomic mass is 32.2. The standard InChI is InChI=1S/C17H18N4O3S3/c18-14(22)8-11-9-19-17(26-11)13-7-10-3-1-4-12(16(10)20-13)21-27(23,24)15-5-2-6-25-15/h1-6,11,13,20-21H,7-9H2,(H2,18,22). The van der Waals surface area contributed by atoms with E-state index in [-0.39, 0.29) is 21.4 Å². The molecule has 142 valence electrons. The Morgan fingerprint density at radius 3 is 2.93 bits per heavy atom. The second kappa shape index (κ2) is 7.17. The fourth-order valence-electron chi connectivity index (χ4n) is 3.19. The number of rotatable bonds is 6. The number of nitrogens with zero attached hydrogens (tertiary/aromatic N) is 1. The van der Waals surface area contributed by atoms with Gasteiger partial charge in [-0.05, 0) is 23.1 Å². The van der Waals surface area contributed by atoms with E-state index in [1.165, 1.54) is 11.3 Å². The van der Waals surface area contributed by atoms with Gasteiger partial charge in [-0.25, -0.2) is 8.42 Å². The van der Waals surface area contributed by atoms with Crippen LogP contribution in [-0.2, 0) is 21.2 Å². The molecule has 1 amide bonds. The number of hydrogen-bond donors (Lipinski definition) is 3. The van der Waals surface area contributed by atoms with Crippen molar-refractivity contribution in [3.8, 4) is 0 Å². The summed E-state index contributed by atoms with van der Waals surface area (Å²) in [4.78, 5) is 15.7. The van der Waals surface area contributed by atoms with Gasteiger partial charge in [-0.3, -0.25) is 14.5 Å². The molecule has 2 aliphatic heterocycles. The zero-order valence-corrected chi connectivity index (χ0v) is 16.7. The van der Waals surface area contributed by atoms with Crippen LogP contribution in [0.5, 0.6) is 0 Å². The number of thiophene rings is 1. The minimum absolute atomic E-state index is 0.0183. The summed E-state index contributed by atoms with van der Waals surface area (Å²) in [7, 11) is -3.61. The van der Waals surface area contributed by atoms with Gasteiger partial charge in [-0.2, -0.15) is 0 Å². The molecular weight excluding hydrogens is 404 g/mol. The fourth-order valence-corrected chi connectivity index (χ4v) is 6.45. The van der Waals surface area contributed by atoms with Crippen molar-refractivity contribution in [1.29, 1.82) is 0 Å². The number of para-hydroxylation sites is 1. The van der Waals surface area contributed by atoms with Crippen LogP contribution >= 0.6 is 23.1 Å². The van der Waals surface area contributed by atoms with Crippen LogP contribution in [0.3, 0.4) is 0 Å². The Morgan fingerprint density at radius 2 is 2.19 bits per heavy atom. The molecule has 4 rings (SSSR count). The number of thioether (sulfide) groups is 1. The van der Waals surface area contributed by atoms with E-state index < -0.39 is 10.0 Å². The lowest BCUT2D eigenvalue weighted by molar-refractivity contribution is -0.117. The first-order chi connectivity index (χ1) is 12.9. The van der Waals surface area contributed by atoms with Crippen LogP contribution in [-0.4, -0.2) is 37.2 Å². The predicted octanol–water partition coefficient (Wildman–Crippen LogP) is 2.27. The molecular formula is C17H18N4O3S3. The Hall–Kier alpha value is -2.04. The number of hydrogen-bond acceptors (Lipinski definition) is 7. The number of primary amides is 1. The molecule has 0 spiro atoms. The third-order valence-electron chi connectivity index (χ3n) is 4.36. The molecule has 3 heterocycles. The zero-order valence-electron chi connectivity index (χ0n) is 14.2. The molecule has 0 radical (unpaired) electrons. The molecule has 2 aliphatic rings. The van der Waals surface area contributed by atoms with Crippen LogP contribution in [0.15, 0.2) is 44.9 Å². The number of fused-ring (bicyclic) bond motifs is 1. The van der Waals surface area contributed by atoms with Crippen molar-refractivity contribution in [3.63, 3.8) is 0 Å². The van der Waals surface area contributed by atoms with Gasteiger partial charge in [0.05, 0.1) is 29.0 Å². The number of carbonyl (C=O) groups is 1. The number of amides is 1. The van der Waals surface area contributed by atoms with E-state index in [1.807, 2.05) is 12.1 Å². The minimum Gasteiger partial charge on any atom is -0.374 e. The fraction of sp³-hybridized carbons (Fsp3) is 0.294. The van der Waals surface area contributed by atoms with Gasteiger partial charge in [0, 0.05) is 18.1 Å². The summed E-state index contributed by atoms with van der Waals surface area (Å²) >= 11 is 2.75. The number of sulfonamides is 1. The van der Waals surface area contributed by atoms with Crippen LogP contribution in [0.25, 0.3) is 0 Å². The first kappa shape index (κ1) is 18.3. The summed E-state index contributed by atoms with van der Waals surface area (Å²) in [5.41, 5.74) is 7.62. The molecule has 1 aromatic carbocycles. The summed E-state index contributed by atoms with van der Waals surface area (Å²) in [6.07, 6.45) is 1.03. The second-order valence-electron chi connectivity index (χ2n) is 6.37. The summed E-state index contributed by atoms with van der Waals surface area (Å²) in [6, 6.07) is 8.84. The van der Waals surface area contributed by atoms with Crippen molar-refractivity contribution in [2.75, 3.05) is 16.6 Å². The Bertz CT molecular complexity index is 1000. The first-order valence-corrected chi connectivity index (χ1v) is 11.6. The minimum atomic E-state index is -3.61. The van der Waals surface area contributed by atoms with Crippen molar-refractivity contribution >= 4 is 55.4 Å². The van der Waals surface area contributed by atoms with Gasteiger partial charge in [-0.1, -0.05) is 18.2 Å². The number of nitrogens with one attached hydrogen (secondary N) is 2. The van der Waals surface area contributed by atoms with Crippen molar-refractivity contribution in [3.05, 3.63) is 41.3 Å².